The average Bonchev–Trinajstić information content (AvgIpc) is 2.36. The third kappa shape index (κ3) is 6.35. The summed E-state index contributed by atoms with van der Waals surface area (Å²) < 4.78 is 18.8. The summed E-state index contributed by atoms with van der Waals surface area (Å²) in [5, 5.41) is 12.0. The van der Waals surface area contributed by atoms with Crippen molar-refractivity contribution in [2.24, 2.45) is 0 Å². The third-order valence-corrected chi connectivity index (χ3v) is 3.50. The second kappa shape index (κ2) is 7.38. The van der Waals surface area contributed by atoms with Crippen LogP contribution in [0.3, 0.4) is 0 Å². The van der Waals surface area contributed by atoms with Crippen molar-refractivity contribution >= 4 is 23.7 Å². The van der Waals surface area contributed by atoms with E-state index in [1.807, 2.05) is 0 Å². The fourth-order valence-electron chi connectivity index (χ4n) is 2.22. The second-order valence-corrected chi connectivity index (χ2v) is 7.69. The van der Waals surface area contributed by atoms with Crippen molar-refractivity contribution in [1.29, 1.82) is 0 Å². The zero-order valence-electron chi connectivity index (χ0n) is 14.4. The van der Waals surface area contributed by atoms with E-state index in [1.165, 1.54) is 12.1 Å². The van der Waals surface area contributed by atoms with Crippen LogP contribution in [0.1, 0.15) is 52.5 Å². The molecule has 0 radical (unpaired) electrons. The van der Waals surface area contributed by atoms with E-state index in [0.29, 0.717) is 0 Å². The maximum absolute atomic E-state index is 13.6. The first kappa shape index (κ1) is 20.2. The molecule has 0 aliphatic rings. The van der Waals surface area contributed by atoms with E-state index < -0.39 is 34.9 Å². The van der Waals surface area contributed by atoms with Gasteiger partial charge in [0.1, 0.15) is 11.4 Å². The van der Waals surface area contributed by atoms with E-state index in [-0.39, 0.29) is 17.0 Å². The lowest BCUT2D eigenvalue weighted by molar-refractivity contribution is -0.139. The number of nitrogens with one attached hydrogen (secondary N) is 1. The topological polar surface area (TPSA) is 75.6 Å². The van der Waals surface area contributed by atoms with E-state index in [1.54, 1.807) is 34.6 Å². The molecule has 7 heteroatoms. The lowest BCUT2D eigenvalue weighted by Crippen LogP contribution is -2.47. The highest BCUT2D eigenvalue weighted by Gasteiger charge is 2.32. The number of carbonyl (C=O) groups is 2. The Morgan fingerprint density at radius 2 is 1.88 bits per heavy atom. The van der Waals surface area contributed by atoms with Gasteiger partial charge in [-0.15, -0.1) is 0 Å². The normalized spacial score (nSPS) is 13.3. The Kier molecular flexibility index (Phi) is 6.22. The number of carboxylic acids is 1. The molecule has 0 bridgehead atoms. The third-order valence-electron chi connectivity index (χ3n) is 3.20. The Morgan fingerprint density at radius 3 is 2.33 bits per heavy atom. The predicted molar refractivity (Wildman–Crippen MR) is 89.9 cm³/mol. The van der Waals surface area contributed by atoms with Gasteiger partial charge in [-0.1, -0.05) is 17.7 Å². The molecule has 0 heterocycles. The van der Waals surface area contributed by atoms with Crippen molar-refractivity contribution < 1.29 is 23.8 Å². The number of aliphatic carboxylic acids is 1. The average molecular weight is 360 g/mol. The van der Waals surface area contributed by atoms with Crippen molar-refractivity contribution in [1.82, 2.24) is 5.32 Å². The van der Waals surface area contributed by atoms with E-state index in [9.17, 15) is 19.1 Å². The number of rotatable bonds is 5. The smallest absolute Gasteiger partial charge is 0.408 e. The molecule has 0 saturated heterocycles. The second-order valence-electron chi connectivity index (χ2n) is 7.28. The van der Waals surface area contributed by atoms with Crippen LogP contribution in [0.5, 0.6) is 0 Å². The molecule has 1 aromatic carbocycles. The molecule has 0 fully saturated rings. The number of hydrogen-bond donors (Lipinski definition) is 2. The zero-order valence-corrected chi connectivity index (χ0v) is 15.2. The van der Waals surface area contributed by atoms with E-state index in [0.717, 1.165) is 6.07 Å². The molecule has 1 aromatic rings. The molecule has 134 valence electrons. The summed E-state index contributed by atoms with van der Waals surface area (Å²) in [5.41, 5.74) is -1.25. The van der Waals surface area contributed by atoms with Crippen LogP contribution in [0.2, 0.25) is 5.02 Å². The molecular formula is C17H23ClFNO4. The Bertz CT molecular complexity index is 626. The van der Waals surface area contributed by atoms with Gasteiger partial charge in [0.05, 0.1) is 10.9 Å². The van der Waals surface area contributed by atoms with Gasteiger partial charge in [0.25, 0.3) is 0 Å². The number of amides is 1. The van der Waals surface area contributed by atoms with Gasteiger partial charge in [-0.25, -0.2) is 9.18 Å². The van der Waals surface area contributed by atoms with Crippen molar-refractivity contribution in [3.8, 4) is 0 Å². The molecule has 2 N–H and O–H groups in total. The number of ether oxygens (including phenoxy) is 1. The number of hydrogen-bond acceptors (Lipinski definition) is 3. The van der Waals surface area contributed by atoms with Crippen molar-refractivity contribution in [2.75, 3.05) is 0 Å². The molecule has 24 heavy (non-hydrogen) atoms. The highest BCUT2D eigenvalue weighted by molar-refractivity contribution is 6.30. The molecule has 0 aliphatic heterocycles. The summed E-state index contributed by atoms with van der Waals surface area (Å²) in [6, 6.07) is 3.88. The van der Waals surface area contributed by atoms with Gasteiger partial charge >= 0.3 is 12.1 Å². The highest BCUT2D eigenvalue weighted by atomic mass is 35.5. The van der Waals surface area contributed by atoms with Crippen molar-refractivity contribution in [2.45, 2.75) is 58.1 Å². The van der Waals surface area contributed by atoms with Crippen LogP contribution in [0, 0.1) is 5.82 Å². The molecule has 1 amide bonds. The maximum atomic E-state index is 13.6. The molecule has 0 aromatic heterocycles. The number of halogens is 2. The Morgan fingerprint density at radius 1 is 1.29 bits per heavy atom. The summed E-state index contributed by atoms with van der Waals surface area (Å²) in [6.45, 7) is 8.56. The quantitative estimate of drug-likeness (QED) is 0.819. The summed E-state index contributed by atoms with van der Waals surface area (Å²) in [5.74, 6) is -2.80. The largest absolute Gasteiger partial charge is 0.481 e. The van der Waals surface area contributed by atoms with Crippen LogP contribution < -0.4 is 5.32 Å². The van der Waals surface area contributed by atoms with Crippen LogP contribution in [-0.4, -0.2) is 28.3 Å². The number of carbonyl (C=O) groups excluding carboxylic acids is 1. The zero-order chi connectivity index (χ0) is 18.7. The number of benzene rings is 1. The number of alkyl carbamates (subject to hydrolysis) is 1. The lowest BCUT2D eigenvalue weighted by atomic mass is 9.86. The van der Waals surface area contributed by atoms with Crippen LogP contribution in [-0.2, 0) is 9.53 Å². The van der Waals surface area contributed by atoms with E-state index in [4.69, 9.17) is 16.3 Å². The van der Waals surface area contributed by atoms with Gasteiger partial charge in [-0.2, -0.15) is 0 Å². The first-order chi connectivity index (χ1) is 10.8. The molecule has 1 unspecified atom stereocenters. The molecule has 0 aliphatic carbocycles. The van der Waals surface area contributed by atoms with E-state index >= 15 is 0 Å². The van der Waals surface area contributed by atoms with Gasteiger partial charge in [0, 0.05) is 5.54 Å². The van der Waals surface area contributed by atoms with Crippen molar-refractivity contribution in [3.05, 3.63) is 34.6 Å². The maximum Gasteiger partial charge on any atom is 0.408 e. The van der Waals surface area contributed by atoms with Crippen LogP contribution >= 0.6 is 11.6 Å². The van der Waals surface area contributed by atoms with Crippen LogP contribution in [0.4, 0.5) is 9.18 Å². The van der Waals surface area contributed by atoms with Gasteiger partial charge < -0.3 is 15.2 Å². The van der Waals surface area contributed by atoms with Gasteiger partial charge in [0.2, 0.25) is 0 Å². The molecular weight excluding hydrogens is 337 g/mol. The Hall–Kier alpha value is -1.82. The summed E-state index contributed by atoms with van der Waals surface area (Å²) >= 11 is 5.63. The molecule has 1 atom stereocenters. The Labute approximate surface area is 146 Å². The first-order valence-corrected chi connectivity index (χ1v) is 7.87. The van der Waals surface area contributed by atoms with Gasteiger partial charge in [-0.05, 0) is 58.7 Å². The minimum atomic E-state index is -1.12. The van der Waals surface area contributed by atoms with E-state index in [2.05, 4.69) is 5.32 Å². The fraction of sp³-hybridized carbons (Fsp3) is 0.529. The minimum absolute atomic E-state index is 0.0582. The highest BCUT2D eigenvalue weighted by Crippen LogP contribution is 2.29. The molecule has 0 spiro atoms. The predicted octanol–water partition coefficient (Wildman–Crippen LogP) is 4.34. The summed E-state index contributed by atoms with van der Waals surface area (Å²) in [4.78, 5) is 23.5. The van der Waals surface area contributed by atoms with Gasteiger partial charge in [-0.3, -0.25) is 4.79 Å². The molecule has 5 nitrogen and oxygen atoms in total. The number of carboxylic acid groups (broad SMARTS) is 1. The fourth-order valence-corrected chi connectivity index (χ4v) is 2.34. The van der Waals surface area contributed by atoms with Crippen LogP contribution in [0.15, 0.2) is 18.2 Å². The standard InChI is InChI=1S/C17H23ClFNO4/c1-16(2,3)24-15(23)20-17(4,5)9-11(14(21)22)10-6-7-12(18)13(19)8-10/h6-8,11H,9H2,1-5H3,(H,20,23)(H,21,22). The molecule has 1 rings (SSSR count). The minimum Gasteiger partial charge on any atom is -0.481 e. The van der Waals surface area contributed by atoms with Gasteiger partial charge in [0.15, 0.2) is 0 Å². The van der Waals surface area contributed by atoms with Crippen LogP contribution in [0.25, 0.3) is 0 Å². The summed E-state index contributed by atoms with van der Waals surface area (Å²) in [7, 11) is 0. The SMILES string of the molecule is CC(C)(CC(C(=O)O)c1ccc(Cl)c(F)c1)NC(=O)OC(C)(C)C. The van der Waals surface area contributed by atoms with Crippen molar-refractivity contribution in [3.63, 3.8) is 0 Å². The summed E-state index contributed by atoms with van der Waals surface area (Å²) in [6.07, 6.45) is -0.582. The Balaban J connectivity index is 2.92. The monoisotopic (exact) mass is 359 g/mol. The first-order valence-electron chi connectivity index (χ1n) is 7.50. The lowest BCUT2D eigenvalue weighted by Gasteiger charge is -2.31. The molecule has 0 saturated carbocycles.